The lowest BCUT2D eigenvalue weighted by Gasteiger charge is -2.23. The Bertz CT molecular complexity index is 802. The minimum absolute atomic E-state index is 0.00729. The van der Waals surface area contributed by atoms with Gasteiger partial charge in [0.1, 0.15) is 0 Å². The molecule has 2 amide bonds. The van der Waals surface area contributed by atoms with Crippen LogP contribution < -0.4 is 10.6 Å². The highest BCUT2D eigenvalue weighted by molar-refractivity contribution is 5.90. The molecule has 1 aromatic heterocycles. The van der Waals surface area contributed by atoms with Crippen molar-refractivity contribution >= 4 is 17.9 Å². The number of hydrogen-bond acceptors (Lipinski definition) is 4. The van der Waals surface area contributed by atoms with Crippen molar-refractivity contribution in [2.24, 2.45) is 0 Å². The van der Waals surface area contributed by atoms with Crippen LogP contribution in [0.2, 0.25) is 0 Å². The summed E-state index contributed by atoms with van der Waals surface area (Å²) in [5.74, 6) is 0.0176. The molecule has 7 nitrogen and oxygen atoms in total. The van der Waals surface area contributed by atoms with Crippen molar-refractivity contribution in [3.63, 3.8) is 0 Å². The highest BCUT2D eigenvalue weighted by Crippen LogP contribution is 2.22. The van der Waals surface area contributed by atoms with Crippen LogP contribution in [0.15, 0.2) is 43.2 Å². The SMILES string of the molecule is C=Cc1cccc(CN2C[C@H](NC(=O)c3ncc[nH]3)C[C@H]2C(=O)NCC)c1. The summed E-state index contributed by atoms with van der Waals surface area (Å²) in [6.45, 7) is 7.53. The van der Waals surface area contributed by atoms with Crippen LogP contribution in [0.25, 0.3) is 6.08 Å². The third-order valence-corrected chi connectivity index (χ3v) is 4.68. The van der Waals surface area contributed by atoms with Gasteiger partial charge in [-0.25, -0.2) is 4.98 Å². The molecular weight excluding hydrogens is 342 g/mol. The van der Waals surface area contributed by atoms with Crippen molar-refractivity contribution in [1.82, 2.24) is 25.5 Å². The van der Waals surface area contributed by atoms with Gasteiger partial charge in [0.25, 0.3) is 5.91 Å². The average Bonchev–Trinajstić information content (AvgIpc) is 3.32. The van der Waals surface area contributed by atoms with E-state index in [1.165, 1.54) is 0 Å². The lowest BCUT2D eigenvalue weighted by Crippen LogP contribution is -2.42. The van der Waals surface area contributed by atoms with Crippen LogP contribution in [0.4, 0.5) is 0 Å². The molecule has 2 heterocycles. The van der Waals surface area contributed by atoms with E-state index in [1.807, 2.05) is 25.1 Å². The normalized spacial score (nSPS) is 19.6. The number of imidazole rings is 1. The molecular formula is C20H25N5O2. The van der Waals surface area contributed by atoms with Crippen LogP contribution in [0.3, 0.4) is 0 Å². The molecule has 142 valence electrons. The van der Waals surface area contributed by atoms with Crippen molar-refractivity contribution in [2.75, 3.05) is 13.1 Å². The minimum atomic E-state index is -0.278. The van der Waals surface area contributed by atoms with Gasteiger partial charge in [0, 0.05) is 38.1 Å². The molecule has 0 aliphatic carbocycles. The first-order chi connectivity index (χ1) is 13.1. The Labute approximate surface area is 158 Å². The molecule has 27 heavy (non-hydrogen) atoms. The number of likely N-dealkylation sites (tertiary alicyclic amines) is 1. The Morgan fingerprint density at radius 2 is 2.30 bits per heavy atom. The summed E-state index contributed by atoms with van der Waals surface area (Å²) in [6, 6.07) is 7.69. The number of carbonyl (C=O) groups is 2. The molecule has 2 aromatic rings. The second-order valence-electron chi connectivity index (χ2n) is 6.63. The Balaban J connectivity index is 1.71. The number of hydrogen-bond donors (Lipinski definition) is 3. The van der Waals surface area contributed by atoms with Gasteiger partial charge < -0.3 is 15.6 Å². The Morgan fingerprint density at radius 1 is 1.44 bits per heavy atom. The summed E-state index contributed by atoms with van der Waals surface area (Å²) >= 11 is 0. The van der Waals surface area contributed by atoms with Crippen molar-refractivity contribution < 1.29 is 9.59 Å². The van der Waals surface area contributed by atoms with E-state index in [2.05, 4.69) is 38.1 Å². The van der Waals surface area contributed by atoms with Crippen LogP contribution in [-0.2, 0) is 11.3 Å². The van der Waals surface area contributed by atoms with Crippen LogP contribution in [0.5, 0.6) is 0 Å². The standard InChI is InChI=1S/C20H25N5O2/c1-3-14-6-5-7-15(10-14)12-25-13-16(11-17(25)19(26)21-4-2)24-20(27)18-22-8-9-23-18/h3,5-10,16-17H,1,4,11-13H2,2H3,(H,21,26)(H,22,23)(H,24,27)/t16-,17+/m1/s1. The van der Waals surface area contributed by atoms with Gasteiger partial charge in [-0.05, 0) is 24.5 Å². The topological polar surface area (TPSA) is 90.1 Å². The smallest absolute Gasteiger partial charge is 0.287 e. The summed E-state index contributed by atoms with van der Waals surface area (Å²) in [7, 11) is 0. The molecule has 1 aliphatic rings. The highest BCUT2D eigenvalue weighted by atomic mass is 16.2. The van der Waals surface area contributed by atoms with Crippen molar-refractivity contribution in [3.05, 3.63) is 60.2 Å². The van der Waals surface area contributed by atoms with Gasteiger partial charge in [-0.2, -0.15) is 0 Å². The van der Waals surface area contributed by atoms with Crippen molar-refractivity contribution in [3.8, 4) is 0 Å². The molecule has 0 spiro atoms. The minimum Gasteiger partial charge on any atom is -0.355 e. The molecule has 2 atom stereocenters. The van der Waals surface area contributed by atoms with E-state index >= 15 is 0 Å². The van der Waals surface area contributed by atoms with E-state index in [9.17, 15) is 9.59 Å². The zero-order chi connectivity index (χ0) is 19.2. The molecule has 0 saturated carbocycles. The second-order valence-corrected chi connectivity index (χ2v) is 6.63. The molecule has 1 aromatic carbocycles. The fraction of sp³-hybridized carbons (Fsp3) is 0.350. The van der Waals surface area contributed by atoms with E-state index < -0.39 is 0 Å². The molecule has 1 fully saturated rings. The zero-order valence-corrected chi connectivity index (χ0v) is 15.4. The van der Waals surface area contributed by atoms with E-state index in [0.717, 1.165) is 11.1 Å². The van der Waals surface area contributed by atoms with Gasteiger partial charge in [-0.15, -0.1) is 0 Å². The predicted octanol–water partition coefficient (Wildman–Crippen LogP) is 1.56. The summed E-state index contributed by atoms with van der Waals surface area (Å²) in [5, 5.41) is 5.88. The molecule has 1 aliphatic heterocycles. The van der Waals surface area contributed by atoms with Gasteiger partial charge >= 0.3 is 0 Å². The maximum Gasteiger partial charge on any atom is 0.287 e. The van der Waals surface area contributed by atoms with Gasteiger partial charge in [0.15, 0.2) is 5.82 Å². The first kappa shape index (κ1) is 18.8. The first-order valence-electron chi connectivity index (χ1n) is 9.14. The average molecular weight is 367 g/mol. The summed E-state index contributed by atoms with van der Waals surface area (Å²) < 4.78 is 0. The lowest BCUT2D eigenvalue weighted by molar-refractivity contribution is -0.125. The molecule has 3 rings (SSSR count). The maximum absolute atomic E-state index is 12.5. The Hall–Kier alpha value is -2.93. The van der Waals surface area contributed by atoms with Crippen LogP contribution in [-0.4, -0.2) is 51.9 Å². The van der Waals surface area contributed by atoms with Crippen molar-refractivity contribution in [1.29, 1.82) is 0 Å². The monoisotopic (exact) mass is 367 g/mol. The number of carbonyl (C=O) groups excluding carboxylic acids is 2. The molecule has 0 radical (unpaired) electrons. The molecule has 0 bridgehead atoms. The fourth-order valence-corrected chi connectivity index (χ4v) is 3.44. The number of nitrogens with one attached hydrogen (secondary N) is 3. The van der Waals surface area contributed by atoms with Gasteiger partial charge in [-0.3, -0.25) is 14.5 Å². The highest BCUT2D eigenvalue weighted by Gasteiger charge is 2.37. The van der Waals surface area contributed by atoms with Gasteiger partial charge in [-0.1, -0.05) is 36.9 Å². The Kier molecular flexibility index (Phi) is 6.03. The molecule has 1 saturated heterocycles. The largest absolute Gasteiger partial charge is 0.355 e. The summed E-state index contributed by atoms with van der Waals surface area (Å²) in [4.78, 5) is 33.7. The van der Waals surface area contributed by atoms with E-state index in [1.54, 1.807) is 18.5 Å². The van der Waals surface area contributed by atoms with Crippen LogP contribution in [0.1, 0.15) is 35.1 Å². The predicted molar refractivity (Wildman–Crippen MR) is 104 cm³/mol. The first-order valence-corrected chi connectivity index (χ1v) is 9.14. The van der Waals surface area contributed by atoms with E-state index in [-0.39, 0.29) is 29.7 Å². The maximum atomic E-state index is 12.5. The molecule has 7 heteroatoms. The number of aromatic amines is 1. The number of benzene rings is 1. The summed E-state index contributed by atoms with van der Waals surface area (Å²) in [5.41, 5.74) is 2.16. The van der Waals surface area contributed by atoms with Gasteiger partial charge in [0.2, 0.25) is 5.91 Å². The third-order valence-electron chi connectivity index (χ3n) is 4.68. The number of likely N-dealkylation sites (N-methyl/N-ethyl adjacent to an activating group) is 1. The number of rotatable bonds is 7. The summed E-state index contributed by atoms with van der Waals surface area (Å²) in [6.07, 6.45) is 5.53. The quantitative estimate of drug-likeness (QED) is 0.693. The van der Waals surface area contributed by atoms with Crippen LogP contribution in [0, 0.1) is 0 Å². The van der Waals surface area contributed by atoms with Crippen molar-refractivity contribution in [2.45, 2.75) is 32.0 Å². The molecule has 0 unspecified atom stereocenters. The number of amides is 2. The molecule has 3 N–H and O–H groups in total. The zero-order valence-electron chi connectivity index (χ0n) is 15.4. The fourth-order valence-electron chi connectivity index (χ4n) is 3.44. The number of aromatic nitrogens is 2. The Morgan fingerprint density at radius 3 is 3.00 bits per heavy atom. The van der Waals surface area contributed by atoms with E-state index in [0.29, 0.717) is 26.1 Å². The third kappa shape index (κ3) is 4.62. The number of nitrogens with zero attached hydrogens (tertiary/aromatic N) is 2. The van der Waals surface area contributed by atoms with Gasteiger partial charge in [0.05, 0.1) is 6.04 Å². The second kappa shape index (κ2) is 8.64. The lowest BCUT2D eigenvalue weighted by atomic mass is 10.1. The number of H-pyrrole nitrogens is 1. The van der Waals surface area contributed by atoms with Crippen LogP contribution >= 0.6 is 0 Å². The van der Waals surface area contributed by atoms with E-state index in [4.69, 9.17) is 0 Å².